The van der Waals surface area contributed by atoms with Gasteiger partial charge in [-0.1, -0.05) is 12.1 Å². The van der Waals surface area contributed by atoms with Gasteiger partial charge >= 0.3 is 6.09 Å². The third-order valence-electron chi connectivity index (χ3n) is 7.12. The lowest BCUT2D eigenvalue weighted by Gasteiger charge is -2.56. The first-order valence-electron chi connectivity index (χ1n) is 11.5. The molecule has 0 aromatic heterocycles. The Bertz CT molecular complexity index is 984. The predicted octanol–water partition coefficient (Wildman–Crippen LogP) is 3.84. The van der Waals surface area contributed by atoms with E-state index < -0.39 is 33.1 Å². The Morgan fingerprint density at radius 1 is 1.16 bits per heavy atom. The van der Waals surface area contributed by atoms with Crippen molar-refractivity contribution in [3.8, 4) is 0 Å². The number of likely N-dealkylation sites (N-methyl/N-ethyl adjacent to an activating group) is 1. The molecule has 0 radical (unpaired) electrons. The maximum atomic E-state index is 12.8. The fourth-order valence-electron chi connectivity index (χ4n) is 5.19. The zero-order chi connectivity index (χ0) is 23.3. The second-order valence-corrected chi connectivity index (χ2v) is 12.7. The van der Waals surface area contributed by atoms with E-state index in [1.807, 2.05) is 7.05 Å². The van der Waals surface area contributed by atoms with Crippen molar-refractivity contribution in [2.24, 2.45) is 11.8 Å². The van der Waals surface area contributed by atoms with Crippen molar-refractivity contribution in [1.29, 1.82) is 0 Å². The van der Waals surface area contributed by atoms with Gasteiger partial charge in [0.15, 0.2) is 9.84 Å². The molecule has 8 heteroatoms. The lowest BCUT2D eigenvalue weighted by Crippen LogP contribution is -2.65. The molecule has 1 aromatic carbocycles. The Balaban J connectivity index is 1.66. The molecule has 4 aliphatic rings. The average molecular weight is 463 g/mol. The molecule has 2 saturated carbocycles. The Hall–Kier alpha value is -2.09. The van der Waals surface area contributed by atoms with Crippen LogP contribution < -0.4 is 5.32 Å². The summed E-state index contributed by atoms with van der Waals surface area (Å²) in [6.45, 7) is 5.42. The number of nitrogens with one attached hydrogen (secondary N) is 1. The second kappa shape index (κ2) is 8.04. The number of hydrogen-bond acceptors (Lipinski definition) is 5. The fraction of sp³-hybridized carbons (Fsp3) is 0.667. The average Bonchev–Trinajstić information content (AvgIpc) is 3.52. The van der Waals surface area contributed by atoms with E-state index in [9.17, 15) is 18.0 Å². The standard InChI is InChI=1S/C24H34N2O5S/c1-23(2,3)31-22(28)25-20(24-13-11-18(12-14-24)21(27)26(24)4)17-7-9-19(10-8-17)32(29,30)15-16-5-6-16/h7-10,16,18,20H,5-6,11-15H2,1-4H3,(H,25,28)/t18?,20-,24?/m1/s1. The van der Waals surface area contributed by atoms with Crippen molar-refractivity contribution >= 4 is 21.8 Å². The summed E-state index contributed by atoms with van der Waals surface area (Å²) < 4.78 is 30.9. The molecule has 176 valence electrons. The maximum Gasteiger partial charge on any atom is 0.408 e. The highest BCUT2D eigenvalue weighted by Gasteiger charge is 2.54. The topological polar surface area (TPSA) is 92.8 Å². The van der Waals surface area contributed by atoms with E-state index in [2.05, 4.69) is 5.32 Å². The van der Waals surface area contributed by atoms with Crippen molar-refractivity contribution < 1.29 is 22.7 Å². The molecule has 4 fully saturated rings. The number of piperidine rings is 2. The van der Waals surface area contributed by atoms with Gasteiger partial charge in [0.2, 0.25) is 5.91 Å². The van der Waals surface area contributed by atoms with Gasteiger partial charge in [0.05, 0.1) is 22.2 Å². The molecule has 2 amide bonds. The number of carbonyl (C=O) groups excluding carboxylic acids is 2. The predicted molar refractivity (Wildman–Crippen MR) is 121 cm³/mol. The van der Waals surface area contributed by atoms with Gasteiger partial charge in [-0.25, -0.2) is 13.2 Å². The number of sulfone groups is 1. The lowest BCUT2D eigenvalue weighted by molar-refractivity contribution is -0.156. The molecule has 2 saturated heterocycles. The van der Waals surface area contributed by atoms with Crippen molar-refractivity contribution in [3.05, 3.63) is 29.8 Å². The summed E-state index contributed by atoms with van der Waals surface area (Å²) in [5.41, 5.74) is -0.433. The monoisotopic (exact) mass is 462 g/mol. The van der Waals surface area contributed by atoms with Crippen LogP contribution >= 0.6 is 0 Å². The summed E-state index contributed by atoms with van der Waals surface area (Å²) in [5, 5.41) is 3.02. The number of amides is 2. The third-order valence-corrected chi connectivity index (χ3v) is 9.02. The number of rotatable bonds is 6. The van der Waals surface area contributed by atoms with Gasteiger partial charge in [0.1, 0.15) is 5.60 Å². The summed E-state index contributed by atoms with van der Waals surface area (Å²) in [6, 6.07) is 6.31. The molecule has 5 rings (SSSR count). The van der Waals surface area contributed by atoms with E-state index in [1.165, 1.54) is 0 Å². The highest BCUT2D eigenvalue weighted by molar-refractivity contribution is 7.91. The molecule has 32 heavy (non-hydrogen) atoms. The van der Waals surface area contributed by atoms with Crippen molar-refractivity contribution in [2.75, 3.05) is 12.8 Å². The Morgan fingerprint density at radius 3 is 2.28 bits per heavy atom. The third kappa shape index (κ3) is 4.51. The van der Waals surface area contributed by atoms with Crippen molar-refractivity contribution in [2.45, 2.75) is 81.4 Å². The van der Waals surface area contributed by atoms with Crippen molar-refractivity contribution in [1.82, 2.24) is 10.2 Å². The zero-order valence-corrected chi connectivity index (χ0v) is 20.2. The minimum atomic E-state index is -3.32. The normalized spacial score (nSPS) is 26.7. The van der Waals surface area contributed by atoms with Crippen LogP contribution in [0.2, 0.25) is 0 Å². The van der Waals surface area contributed by atoms with Gasteiger partial charge in [0.25, 0.3) is 0 Å². The molecule has 2 aliphatic carbocycles. The van der Waals surface area contributed by atoms with Gasteiger partial charge in [-0.3, -0.25) is 4.79 Å². The van der Waals surface area contributed by atoms with E-state index >= 15 is 0 Å². The molecule has 0 spiro atoms. The molecule has 2 aliphatic heterocycles. The Kier molecular flexibility index (Phi) is 5.80. The summed E-state index contributed by atoms with van der Waals surface area (Å²) in [6.07, 6.45) is 4.56. The SMILES string of the molecule is CN1C(=O)C2CCC1([C@H](NC(=O)OC(C)(C)C)c1ccc(S(=O)(=O)CC3CC3)cc1)CC2. The summed E-state index contributed by atoms with van der Waals surface area (Å²) in [7, 11) is -1.51. The lowest BCUT2D eigenvalue weighted by atomic mass is 9.65. The molecule has 7 nitrogen and oxygen atoms in total. The quantitative estimate of drug-likeness (QED) is 0.693. The van der Waals surface area contributed by atoms with Crippen molar-refractivity contribution in [3.63, 3.8) is 0 Å². The van der Waals surface area contributed by atoms with Gasteiger partial charge < -0.3 is 15.0 Å². The molecule has 2 heterocycles. The van der Waals surface area contributed by atoms with Crippen LogP contribution in [-0.4, -0.2) is 49.3 Å². The van der Waals surface area contributed by atoms with Crippen LogP contribution in [0.4, 0.5) is 4.79 Å². The van der Waals surface area contributed by atoms with Crippen LogP contribution in [0.5, 0.6) is 0 Å². The summed E-state index contributed by atoms with van der Waals surface area (Å²) in [5.74, 6) is 0.632. The number of nitrogens with zero attached hydrogens (tertiary/aromatic N) is 1. The van der Waals surface area contributed by atoms with Crippen LogP contribution in [0.25, 0.3) is 0 Å². The van der Waals surface area contributed by atoms with Crippen LogP contribution in [0.15, 0.2) is 29.2 Å². The summed E-state index contributed by atoms with van der Waals surface area (Å²) >= 11 is 0. The smallest absolute Gasteiger partial charge is 0.408 e. The van der Waals surface area contributed by atoms with Crippen LogP contribution in [0, 0.1) is 11.8 Å². The Morgan fingerprint density at radius 2 is 1.75 bits per heavy atom. The highest BCUT2D eigenvalue weighted by Crippen LogP contribution is 2.49. The fourth-order valence-corrected chi connectivity index (χ4v) is 6.88. The largest absolute Gasteiger partial charge is 0.444 e. The molecule has 1 N–H and O–H groups in total. The van der Waals surface area contributed by atoms with E-state index in [0.717, 1.165) is 44.1 Å². The molecule has 1 aromatic rings. The molecule has 1 atom stereocenters. The summed E-state index contributed by atoms with van der Waals surface area (Å²) in [4.78, 5) is 27.7. The number of carbonyl (C=O) groups is 2. The van der Waals surface area contributed by atoms with Gasteiger partial charge in [0, 0.05) is 13.0 Å². The molecule has 0 unspecified atom stereocenters. The number of fused-ring (bicyclic) bond motifs is 3. The van der Waals surface area contributed by atoms with E-state index in [1.54, 1.807) is 49.9 Å². The van der Waals surface area contributed by atoms with Crippen LogP contribution in [-0.2, 0) is 19.4 Å². The number of benzene rings is 1. The number of ether oxygens (including phenoxy) is 1. The van der Waals surface area contributed by atoms with Gasteiger partial charge in [-0.05, 0) is 82.9 Å². The van der Waals surface area contributed by atoms with Gasteiger partial charge in [-0.2, -0.15) is 0 Å². The first kappa shape index (κ1) is 23.1. The van der Waals surface area contributed by atoms with E-state index in [0.29, 0.717) is 4.90 Å². The minimum Gasteiger partial charge on any atom is -0.444 e. The van der Waals surface area contributed by atoms with E-state index in [4.69, 9.17) is 4.74 Å². The molecule has 2 bridgehead atoms. The van der Waals surface area contributed by atoms with E-state index in [-0.39, 0.29) is 23.5 Å². The number of alkyl carbamates (subject to hydrolysis) is 1. The molecular weight excluding hydrogens is 428 g/mol. The van der Waals surface area contributed by atoms with Crippen LogP contribution in [0.1, 0.15) is 70.9 Å². The van der Waals surface area contributed by atoms with Gasteiger partial charge in [-0.15, -0.1) is 0 Å². The zero-order valence-electron chi connectivity index (χ0n) is 19.4. The highest BCUT2D eigenvalue weighted by atomic mass is 32.2. The molecular formula is C24H34N2O5S. The second-order valence-electron chi connectivity index (χ2n) is 10.6. The number of hydrogen-bond donors (Lipinski definition) is 1. The van der Waals surface area contributed by atoms with Crippen LogP contribution in [0.3, 0.4) is 0 Å². The Labute approximate surface area is 190 Å². The first-order valence-corrected chi connectivity index (χ1v) is 13.2. The first-order chi connectivity index (χ1) is 14.9. The minimum absolute atomic E-state index is 0.0546. The maximum absolute atomic E-state index is 12.8.